The van der Waals surface area contributed by atoms with Crippen LogP contribution < -0.4 is 0 Å². The summed E-state index contributed by atoms with van der Waals surface area (Å²) in [5.74, 6) is -0.0676. The van der Waals surface area contributed by atoms with Crippen LogP contribution in [0.1, 0.15) is 42.5 Å². The maximum Gasteiger partial charge on any atom is 0.272 e. The van der Waals surface area contributed by atoms with Crippen molar-refractivity contribution in [2.45, 2.75) is 32.7 Å². The van der Waals surface area contributed by atoms with E-state index in [2.05, 4.69) is 25.9 Å². The van der Waals surface area contributed by atoms with Gasteiger partial charge in [0, 0.05) is 43.4 Å². The molecule has 32 heavy (non-hydrogen) atoms. The van der Waals surface area contributed by atoms with E-state index in [9.17, 15) is 4.79 Å². The molecule has 6 heteroatoms. The molecule has 2 aromatic carbocycles. The summed E-state index contributed by atoms with van der Waals surface area (Å²) in [6.07, 6.45) is 2.01. The molecule has 0 aliphatic heterocycles. The second-order valence-corrected chi connectivity index (χ2v) is 9.10. The van der Waals surface area contributed by atoms with Crippen molar-refractivity contribution in [3.8, 4) is 16.9 Å². The smallest absolute Gasteiger partial charge is 0.272 e. The zero-order valence-electron chi connectivity index (χ0n) is 19.3. The third-order valence-corrected chi connectivity index (χ3v) is 5.48. The molecule has 0 unspecified atom stereocenters. The molecule has 0 radical (unpaired) electrons. The second-order valence-electron chi connectivity index (χ2n) is 9.10. The SMILES string of the molecule is CN(Cc1cn(-c2ccccc2)nc1-c1ccccc1)C(=O)c1cc(C(C)(C)C)nn1C. The molecule has 0 saturated carbocycles. The summed E-state index contributed by atoms with van der Waals surface area (Å²) in [5.41, 5.74) is 5.21. The molecule has 4 aromatic rings. The van der Waals surface area contributed by atoms with Gasteiger partial charge in [-0.1, -0.05) is 69.3 Å². The van der Waals surface area contributed by atoms with Crippen LogP contribution in [0.4, 0.5) is 0 Å². The Labute approximate surface area is 189 Å². The summed E-state index contributed by atoms with van der Waals surface area (Å²) in [5, 5.41) is 9.40. The maximum absolute atomic E-state index is 13.3. The van der Waals surface area contributed by atoms with Gasteiger partial charge < -0.3 is 4.90 Å². The van der Waals surface area contributed by atoms with Gasteiger partial charge >= 0.3 is 0 Å². The number of amides is 1. The van der Waals surface area contributed by atoms with Crippen molar-refractivity contribution >= 4 is 5.91 Å². The highest BCUT2D eigenvalue weighted by atomic mass is 16.2. The van der Waals surface area contributed by atoms with Crippen LogP contribution >= 0.6 is 0 Å². The lowest BCUT2D eigenvalue weighted by Crippen LogP contribution is -2.28. The predicted octanol–water partition coefficient (Wildman–Crippen LogP) is 4.84. The topological polar surface area (TPSA) is 56.0 Å². The Balaban J connectivity index is 1.67. The molecular weight excluding hydrogens is 398 g/mol. The monoisotopic (exact) mass is 427 g/mol. The molecule has 0 N–H and O–H groups in total. The summed E-state index contributed by atoms with van der Waals surface area (Å²) in [4.78, 5) is 15.0. The zero-order chi connectivity index (χ0) is 22.9. The number of para-hydroxylation sites is 1. The van der Waals surface area contributed by atoms with Gasteiger partial charge in [0.1, 0.15) is 5.69 Å². The molecule has 0 atom stereocenters. The van der Waals surface area contributed by atoms with Crippen molar-refractivity contribution in [2.24, 2.45) is 7.05 Å². The number of hydrogen-bond donors (Lipinski definition) is 0. The number of hydrogen-bond acceptors (Lipinski definition) is 3. The molecule has 2 aromatic heterocycles. The van der Waals surface area contributed by atoms with Gasteiger partial charge in [0.2, 0.25) is 0 Å². The van der Waals surface area contributed by atoms with E-state index in [1.54, 1.807) is 9.58 Å². The van der Waals surface area contributed by atoms with E-state index in [-0.39, 0.29) is 11.3 Å². The van der Waals surface area contributed by atoms with Crippen LogP contribution in [0.25, 0.3) is 16.9 Å². The fraction of sp³-hybridized carbons (Fsp3) is 0.269. The van der Waals surface area contributed by atoms with Crippen LogP contribution in [-0.2, 0) is 19.0 Å². The molecule has 0 aliphatic rings. The van der Waals surface area contributed by atoms with Gasteiger partial charge in [-0.2, -0.15) is 10.2 Å². The van der Waals surface area contributed by atoms with E-state index in [0.717, 1.165) is 28.2 Å². The van der Waals surface area contributed by atoms with Gasteiger partial charge in [-0.25, -0.2) is 4.68 Å². The minimum absolute atomic E-state index is 0.0676. The number of carbonyl (C=O) groups excluding carboxylic acids is 1. The first-order valence-corrected chi connectivity index (χ1v) is 10.7. The highest BCUT2D eigenvalue weighted by Gasteiger charge is 2.24. The zero-order valence-corrected chi connectivity index (χ0v) is 19.3. The van der Waals surface area contributed by atoms with Gasteiger partial charge in [0.15, 0.2) is 0 Å². The number of aromatic nitrogens is 4. The van der Waals surface area contributed by atoms with Crippen LogP contribution in [-0.4, -0.2) is 37.4 Å². The average molecular weight is 428 g/mol. The van der Waals surface area contributed by atoms with E-state index in [0.29, 0.717) is 12.2 Å². The molecule has 0 aliphatic carbocycles. The minimum atomic E-state index is -0.119. The second kappa shape index (κ2) is 8.46. The number of benzene rings is 2. The third-order valence-electron chi connectivity index (χ3n) is 5.48. The fourth-order valence-electron chi connectivity index (χ4n) is 3.63. The van der Waals surface area contributed by atoms with E-state index in [1.807, 2.05) is 91.7 Å². The minimum Gasteiger partial charge on any atom is -0.336 e. The van der Waals surface area contributed by atoms with Crippen molar-refractivity contribution in [1.29, 1.82) is 0 Å². The lowest BCUT2D eigenvalue weighted by atomic mass is 9.92. The lowest BCUT2D eigenvalue weighted by Gasteiger charge is -2.17. The van der Waals surface area contributed by atoms with Crippen molar-refractivity contribution < 1.29 is 4.79 Å². The Kier molecular flexibility index (Phi) is 5.70. The van der Waals surface area contributed by atoms with Gasteiger partial charge in [0.25, 0.3) is 5.91 Å². The van der Waals surface area contributed by atoms with Crippen LogP contribution in [0, 0.1) is 0 Å². The number of rotatable bonds is 5. The Morgan fingerprint density at radius 2 is 1.59 bits per heavy atom. The first kappa shape index (κ1) is 21.6. The van der Waals surface area contributed by atoms with Crippen molar-refractivity contribution in [2.75, 3.05) is 7.05 Å². The summed E-state index contributed by atoms with van der Waals surface area (Å²) < 4.78 is 3.54. The molecule has 0 spiro atoms. The summed E-state index contributed by atoms with van der Waals surface area (Å²) >= 11 is 0. The fourth-order valence-corrected chi connectivity index (χ4v) is 3.63. The van der Waals surface area contributed by atoms with Gasteiger partial charge in [-0.05, 0) is 18.2 Å². The standard InChI is InChI=1S/C26H29N5O/c1-26(2,3)23-16-22(30(5)27-23)25(32)29(4)17-20-18-31(21-14-10-7-11-15-21)28-24(20)19-12-8-6-9-13-19/h6-16,18H,17H2,1-5H3. The lowest BCUT2D eigenvalue weighted by molar-refractivity contribution is 0.0774. The molecule has 2 heterocycles. The average Bonchev–Trinajstić information content (AvgIpc) is 3.38. The van der Waals surface area contributed by atoms with Crippen molar-refractivity contribution in [1.82, 2.24) is 24.5 Å². The molecule has 0 fully saturated rings. The van der Waals surface area contributed by atoms with Crippen LogP contribution in [0.3, 0.4) is 0 Å². The number of carbonyl (C=O) groups is 1. The first-order chi connectivity index (χ1) is 15.2. The van der Waals surface area contributed by atoms with Crippen LogP contribution in [0.15, 0.2) is 72.9 Å². The van der Waals surface area contributed by atoms with Gasteiger partial charge in [0.05, 0.1) is 17.1 Å². The normalized spacial score (nSPS) is 11.5. The number of aryl methyl sites for hydroxylation is 1. The Hall–Kier alpha value is -3.67. The predicted molar refractivity (Wildman–Crippen MR) is 127 cm³/mol. The molecule has 164 valence electrons. The third kappa shape index (κ3) is 4.35. The molecule has 0 bridgehead atoms. The van der Waals surface area contributed by atoms with Gasteiger partial charge in [-0.15, -0.1) is 0 Å². The van der Waals surface area contributed by atoms with Gasteiger partial charge in [-0.3, -0.25) is 9.48 Å². The molecule has 4 rings (SSSR count). The van der Waals surface area contributed by atoms with E-state index < -0.39 is 0 Å². The van der Waals surface area contributed by atoms with E-state index in [4.69, 9.17) is 5.10 Å². The molecular formula is C26H29N5O. The van der Waals surface area contributed by atoms with E-state index >= 15 is 0 Å². The van der Waals surface area contributed by atoms with Crippen LogP contribution in [0.5, 0.6) is 0 Å². The highest BCUT2D eigenvalue weighted by molar-refractivity contribution is 5.92. The highest BCUT2D eigenvalue weighted by Crippen LogP contribution is 2.26. The van der Waals surface area contributed by atoms with Crippen molar-refractivity contribution in [3.05, 3.63) is 89.9 Å². The molecule has 0 saturated heterocycles. The largest absolute Gasteiger partial charge is 0.336 e. The summed E-state index contributed by atoms with van der Waals surface area (Å²) in [7, 11) is 3.64. The Morgan fingerprint density at radius 1 is 0.969 bits per heavy atom. The Bertz CT molecular complexity index is 1220. The van der Waals surface area contributed by atoms with Crippen molar-refractivity contribution in [3.63, 3.8) is 0 Å². The summed E-state index contributed by atoms with van der Waals surface area (Å²) in [6.45, 7) is 6.72. The molecule has 1 amide bonds. The quantitative estimate of drug-likeness (QED) is 0.458. The van der Waals surface area contributed by atoms with E-state index in [1.165, 1.54) is 0 Å². The molecule has 6 nitrogen and oxygen atoms in total. The Morgan fingerprint density at radius 3 is 2.19 bits per heavy atom. The van der Waals surface area contributed by atoms with Crippen LogP contribution in [0.2, 0.25) is 0 Å². The summed E-state index contributed by atoms with van der Waals surface area (Å²) in [6, 6.07) is 22.0. The first-order valence-electron chi connectivity index (χ1n) is 10.7. The maximum atomic E-state index is 13.3. The number of nitrogens with zero attached hydrogens (tertiary/aromatic N) is 5.